The fourth-order valence-electron chi connectivity index (χ4n) is 4.49. The molecule has 0 saturated carbocycles. The van der Waals surface area contributed by atoms with Gasteiger partial charge in [-0.25, -0.2) is 0 Å². The van der Waals surface area contributed by atoms with Crippen LogP contribution >= 0.6 is 0 Å². The average Bonchev–Trinajstić information content (AvgIpc) is 2.97. The number of piperidine rings is 1. The lowest BCUT2D eigenvalue weighted by atomic mass is 9.87. The Morgan fingerprint density at radius 3 is 2.69 bits per heavy atom. The van der Waals surface area contributed by atoms with E-state index in [1.807, 2.05) is 18.2 Å². The molecule has 1 aromatic rings. The number of carbonyl (C=O) groups is 3. The summed E-state index contributed by atoms with van der Waals surface area (Å²) in [5.41, 5.74) is 2.98. The minimum absolute atomic E-state index is 0.122. The Bertz CT molecular complexity index is 834. The predicted octanol–water partition coefficient (Wildman–Crippen LogP) is -0.169. The summed E-state index contributed by atoms with van der Waals surface area (Å²) < 4.78 is 0. The maximum absolute atomic E-state index is 12.9. The van der Waals surface area contributed by atoms with Crippen LogP contribution in [-0.4, -0.2) is 72.8 Å². The number of rotatable bonds is 7. The second-order valence-electron chi connectivity index (χ2n) is 8.49. The molecule has 1 aromatic carbocycles. The number of imide groups is 1. The Morgan fingerprint density at radius 2 is 2.03 bits per heavy atom. The Kier molecular flexibility index (Phi) is 5.42. The molecule has 0 aliphatic carbocycles. The SMILES string of the molecule is CN(C)C1(CCNCc2cccc3c2CN(C2CCC(=O)NC2=O)C3=O)CNC1. The zero-order valence-corrected chi connectivity index (χ0v) is 17.1. The van der Waals surface area contributed by atoms with E-state index in [1.54, 1.807) is 4.90 Å². The number of nitrogens with zero attached hydrogens (tertiary/aromatic N) is 2. The molecule has 3 heterocycles. The van der Waals surface area contributed by atoms with E-state index in [4.69, 9.17) is 0 Å². The van der Waals surface area contributed by atoms with Gasteiger partial charge in [-0.05, 0) is 50.7 Å². The van der Waals surface area contributed by atoms with Gasteiger partial charge in [-0.15, -0.1) is 0 Å². The number of benzene rings is 1. The molecule has 3 N–H and O–H groups in total. The third kappa shape index (κ3) is 3.68. The summed E-state index contributed by atoms with van der Waals surface area (Å²) in [5.74, 6) is -0.758. The summed E-state index contributed by atoms with van der Waals surface area (Å²) in [6.45, 7) is 4.03. The van der Waals surface area contributed by atoms with Crippen molar-refractivity contribution in [3.63, 3.8) is 0 Å². The standard InChI is InChI=1S/C21H29N5O3/c1-25(2)21(12-23-13-21)8-9-22-10-14-4-3-5-15-16(14)11-26(20(15)29)17-6-7-18(27)24-19(17)28/h3-5,17,22-23H,6-13H2,1-2H3,(H,24,27,28). The van der Waals surface area contributed by atoms with Crippen LogP contribution < -0.4 is 16.0 Å². The van der Waals surface area contributed by atoms with Crippen LogP contribution in [0.5, 0.6) is 0 Å². The third-order valence-electron chi connectivity index (χ3n) is 6.62. The monoisotopic (exact) mass is 399 g/mol. The summed E-state index contributed by atoms with van der Waals surface area (Å²) in [4.78, 5) is 40.4. The van der Waals surface area contributed by atoms with Crippen LogP contribution in [0, 0.1) is 0 Å². The first-order valence-corrected chi connectivity index (χ1v) is 10.3. The molecule has 156 valence electrons. The lowest BCUT2D eigenvalue weighted by Crippen LogP contribution is -2.67. The zero-order valence-electron chi connectivity index (χ0n) is 17.1. The molecule has 1 unspecified atom stereocenters. The molecule has 0 bridgehead atoms. The maximum atomic E-state index is 12.9. The minimum atomic E-state index is -0.570. The molecule has 29 heavy (non-hydrogen) atoms. The fraction of sp³-hybridized carbons (Fsp3) is 0.571. The van der Waals surface area contributed by atoms with Crippen molar-refractivity contribution in [2.24, 2.45) is 0 Å². The normalized spacial score (nSPS) is 23.2. The Hall–Kier alpha value is -2.29. The minimum Gasteiger partial charge on any atom is -0.322 e. The molecule has 0 radical (unpaired) electrons. The third-order valence-corrected chi connectivity index (χ3v) is 6.62. The first-order valence-electron chi connectivity index (χ1n) is 10.3. The van der Waals surface area contributed by atoms with E-state index < -0.39 is 6.04 Å². The highest BCUT2D eigenvalue weighted by Crippen LogP contribution is 2.30. The van der Waals surface area contributed by atoms with Gasteiger partial charge in [-0.3, -0.25) is 19.7 Å². The summed E-state index contributed by atoms with van der Waals surface area (Å²) >= 11 is 0. The molecule has 0 aromatic heterocycles. The average molecular weight is 399 g/mol. The van der Waals surface area contributed by atoms with Crippen molar-refractivity contribution in [2.45, 2.75) is 43.9 Å². The van der Waals surface area contributed by atoms with Gasteiger partial charge in [0, 0.05) is 43.7 Å². The van der Waals surface area contributed by atoms with Crippen LogP contribution in [0.25, 0.3) is 0 Å². The van der Waals surface area contributed by atoms with Gasteiger partial charge < -0.3 is 20.4 Å². The van der Waals surface area contributed by atoms with Crippen LogP contribution in [0.2, 0.25) is 0 Å². The van der Waals surface area contributed by atoms with Crippen LogP contribution in [0.15, 0.2) is 18.2 Å². The van der Waals surface area contributed by atoms with Gasteiger partial charge in [0.15, 0.2) is 0 Å². The molecular weight excluding hydrogens is 370 g/mol. The number of carbonyl (C=O) groups excluding carboxylic acids is 3. The molecule has 1 atom stereocenters. The van der Waals surface area contributed by atoms with Crippen LogP contribution in [0.1, 0.15) is 40.7 Å². The summed E-state index contributed by atoms with van der Waals surface area (Å²) in [6.07, 6.45) is 1.72. The van der Waals surface area contributed by atoms with E-state index in [1.165, 1.54) is 0 Å². The van der Waals surface area contributed by atoms with Crippen molar-refractivity contribution < 1.29 is 14.4 Å². The zero-order chi connectivity index (χ0) is 20.6. The van der Waals surface area contributed by atoms with Crippen LogP contribution in [0.4, 0.5) is 0 Å². The van der Waals surface area contributed by atoms with E-state index in [0.29, 0.717) is 25.1 Å². The molecule has 8 heteroatoms. The number of fused-ring (bicyclic) bond motifs is 1. The number of nitrogens with one attached hydrogen (secondary N) is 3. The fourth-order valence-corrected chi connectivity index (χ4v) is 4.49. The highest BCUT2D eigenvalue weighted by molar-refractivity contribution is 6.05. The number of hydrogen-bond donors (Lipinski definition) is 3. The second-order valence-corrected chi connectivity index (χ2v) is 8.49. The molecule has 4 rings (SSSR count). The Labute approximate surface area is 171 Å². The lowest BCUT2D eigenvalue weighted by molar-refractivity contribution is -0.136. The van der Waals surface area contributed by atoms with E-state index in [-0.39, 0.29) is 29.7 Å². The van der Waals surface area contributed by atoms with E-state index in [2.05, 4.69) is 34.9 Å². The molecular formula is C21H29N5O3. The van der Waals surface area contributed by atoms with Crippen molar-refractivity contribution in [3.05, 3.63) is 34.9 Å². The quantitative estimate of drug-likeness (QED) is 0.436. The maximum Gasteiger partial charge on any atom is 0.255 e. The Balaban J connectivity index is 1.39. The van der Waals surface area contributed by atoms with Crippen molar-refractivity contribution >= 4 is 17.7 Å². The largest absolute Gasteiger partial charge is 0.322 e. The first-order chi connectivity index (χ1) is 13.9. The van der Waals surface area contributed by atoms with E-state index in [9.17, 15) is 14.4 Å². The summed E-state index contributed by atoms with van der Waals surface area (Å²) in [6, 6.07) is 5.20. The van der Waals surface area contributed by atoms with Crippen LogP contribution in [0.3, 0.4) is 0 Å². The smallest absolute Gasteiger partial charge is 0.255 e. The van der Waals surface area contributed by atoms with Gasteiger partial charge in [0.2, 0.25) is 11.8 Å². The highest BCUT2D eigenvalue weighted by atomic mass is 16.2. The predicted molar refractivity (Wildman–Crippen MR) is 108 cm³/mol. The van der Waals surface area contributed by atoms with Gasteiger partial charge >= 0.3 is 0 Å². The molecule has 3 amide bonds. The van der Waals surface area contributed by atoms with E-state index in [0.717, 1.165) is 37.2 Å². The van der Waals surface area contributed by atoms with E-state index >= 15 is 0 Å². The molecule has 2 fully saturated rings. The molecule has 8 nitrogen and oxygen atoms in total. The van der Waals surface area contributed by atoms with Crippen LogP contribution in [-0.2, 0) is 22.7 Å². The molecule has 0 spiro atoms. The lowest BCUT2D eigenvalue weighted by Gasteiger charge is -2.48. The summed E-state index contributed by atoms with van der Waals surface area (Å²) in [7, 11) is 4.25. The molecule has 3 aliphatic heterocycles. The molecule has 3 aliphatic rings. The first kappa shape index (κ1) is 20.0. The van der Waals surface area contributed by atoms with Gasteiger partial charge in [0.25, 0.3) is 5.91 Å². The number of likely N-dealkylation sites (N-methyl/N-ethyl adjacent to an activating group) is 1. The number of amides is 3. The van der Waals surface area contributed by atoms with Crippen molar-refractivity contribution in [1.29, 1.82) is 0 Å². The molecule has 2 saturated heterocycles. The topological polar surface area (TPSA) is 93.8 Å². The highest BCUT2D eigenvalue weighted by Gasteiger charge is 2.40. The number of hydrogen-bond acceptors (Lipinski definition) is 6. The van der Waals surface area contributed by atoms with Crippen molar-refractivity contribution in [3.8, 4) is 0 Å². The van der Waals surface area contributed by atoms with Gasteiger partial charge in [0.1, 0.15) is 6.04 Å². The second kappa shape index (κ2) is 7.85. The van der Waals surface area contributed by atoms with Crippen molar-refractivity contribution in [1.82, 2.24) is 25.8 Å². The summed E-state index contributed by atoms with van der Waals surface area (Å²) in [5, 5.41) is 9.23. The van der Waals surface area contributed by atoms with Gasteiger partial charge in [-0.2, -0.15) is 0 Å². The Morgan fingerprint density at radius 1 is 1.24 bits per heavy atom. The van der Waals surface area contributed by atoms with Crippen molar-refractivity contribution in [2.75, 3.05) is 33.7 Å². The van der Waals surface area contributed by atoms with Gasteiger partial charge in [-0.1, -0.05) is 12.1 Å². The van der Waals surface area contributed by atoms with Gasteiger partial charge in [0.05, 0.1) is 0 Å².